The third-order valence-electron chi connectivity index (χ3n) is 3.18. The first-order valence-corrected chi connectivity index (χ1v) is 6.79. The van der Waals surface area contributed by atoms with Gasteiger partial charge in [-0.15, -0.1) is 0 Å². The van der Waals surface area contributed by atoms with Gasteiger partial charge in [0.25, 0.3) is 6.43 Å². The molecule has 0 spiro atoms. The van der Waals surface area contributed by atoms with Gasteiger partial charge in [0.05, 0.1) is 6.54 Å². The molecule has 0 amide bonds. The Kier molecular flexibility index (Phi) is 6.95. The molecule has 4 heteroatoms. The van der Waals surface area contributed by atoms with Gasteiger partial charge >= 0.3 is 0 Å². The van der Waals surface area contributed by atoms with Crippen LogP contribution in [-0.4, -0.2) is 38.0 Å². The highest BCUT2D eigenvalue weighted by atomic mass is 19.3. The Labute approximate surface area is 114 Å². The summed E-state index contributed by atoms with van der Waals surface area (Å²) >= 11 is 0. The lowest BCUT2D eigenvalue weighted by Crippen LogP contribution is -2.30. The van der Waals surface area contributed by atoms with Crippen molar-refractivity contribution in [3.05, 3.63) is 35.4 Å². The molecule has 0 bridgehead atoms. The van der Waals surface area contributed by atoms with Crippen LogP contribution in [0.1, 0.15) is 30.5 Å². The third kappa shape index (κ3) is 6.12. The minimum absolute atomic E-state index is 0.160. The minimum atomic E-state index is -2.26. The zero-order valence-electron chi connectivity index (χ0n) is 12.0. The second kappa shape index (κ2) is 8.23. The monoisotopic (exact) mass is 270 g/mol. The van der Waals surface area contributed by atoms with Crippen molar-refractivity contribution in [3.8, 4) is 0 Å². The minimum Gasteiger partial charge on any atom is -0.310 e. The van der Waals surface area contributed by atoms with Crippen LogP contribution in [-0.2, 0) is 0 Å². The maximum atomic E-state index is 12.3. The van der Waals surface area contributed by atoms with Crippen LogP contribution < -0.4 is 5.32 Å². The lowest BCUT2D eigenvalue weighted by molar-refractivity contribution is 0.0985. The molecule has 0 saturated carbocycles. The van der Waals surface area contributed by atoms with Gasteiger partial charge in [-0.25, -0.2) is 8.78 Å². The number of alkyl halides is 2. The quantitative estimate of drug-likeness (QED) is 0.780. The summed E-state index contributed by atoms with van der Waals surface area (Å²) in [6.07, 6.45) is -1.43. The fraction of sp³-hybridized carbons (Fsp3) is 0.600. The summed E-state index contributed by atoms with van der Waals surface area (Å²) in [6, 6.07) is 8.61. The molecule has 0 aliphatic rings. The summed E-state index contributed by atoms with van der Waals surface area (Å²) in [6.45, 7) is 5.49. The molecule has 0 aliphatic carbocycles. The van der Waals surface area contributed by atoms with Crippen molar-refractivity contribution in [1.29, 1.82) is 0 Å². The predicted octanol–water partition coefficient (Wildman–Crippen LogP) is 3.23. The van der Waals surface area contributed by atoms with E-state index in [-0.39, 0.29) is 12.6 Å². The topological polar surface area (TPSA) is 15.3 Å². The molecule has 0 saturated heterocycles. The van der Waals surface area contributed by atoms with Gasteiger partial charge in [-0.3, -0.25) is 0 Å². The van der Waals surface area contributed by atoms with E-state index in [2.05, 4.69) is 43.4 Å². The molecule has 1 rings (SSSR count). The van der Waals surface area contributed by atoms with Crippen molar-refractivity contribution in [2.75, 3.05) is 26.7 Å². The molecule has 108 valence electrons. The van der Waals surface area contributed by atoms with Crippen molar-refractivity contribution >= 4 is 0 Å². The van der Waals surface area contributed by atoms with Crippen LogP contribution in [0.3, 0.4) is 0 Å². The molecule has 1 atom stereocenters. The largest absolute Gasteiger partial charge is 0.310 e. The Morgan fingerprint density at radius 2 is 1.84 bits per heavy atom. The van der Waals surface area contributed by atoms with Crippen LogP contribution in [0.2, 0.25) is 0 Å². The number of benzene rings is 1. The van der Waals surface area contributed by atoms with Crippen LogP contribution in [0.15, 0.2) is 24.3 Å². The molecular formula is C15H24F2N2. The summed E-state index contributed by atoms with van der Waals surface area (Å²) in [5, 5.41) is 3.41. The molecule has 1 N–H and O–H groups in total. The molecule has 0 aliphatic heterocycles. The molecule has 0 heterocycles. The summed E-state index contributed by atoms with van der Waals surface area (Å²) in [5.74, 6) is 0. The first-order chi connectivity index (χ1) is 9.02. The van der Waals surface area contributed by atoms with Gasteiger partial charge in [0, 0.05) is 6.04 Å². The van der Waals surface area contributed by atoms with E-state index in [0.29, 0.717) is 6.54 Å². The van der Waals surface area contributed by atoms with Gasteiger partial charge in [0.1, 0.15) is 0 Å². The lowest BCUT2D eigenvalue weighted by Gasteiger charge is -2.22. The van der Waals surface area contributed by atoms with E-state index in [0.717, 1.165) is 13.0 Å². The van der Waals surface area contributed by atoms with Crippen molar-refractivity contribution in [1.82, 2.24) is 10.2 Å². The number of halogens is 2. The van der Waals surface area contributed by atoms with E-state index in [4.69, 9.17) is 0 Å². The lowest BCUT2D eigenvalue weighted by atomic mass is 10.0. The summed E-state index contributed by atoms with van der Waals surface area (Å²) in [7, 11) is 1.74. The number of nitrogens with zero attached hydrogens (tertiary/aromatic N) is 1. The van der Waals surface area contributed by atoms with Crippen molar-refractivity contribution in [2.45, 2.75) is 32.7 Å². The number of hydrogen-bond donors (Lipinski definition) is 1. The highest BCUT2D eigenvalue weighted by molar-refractivity contribution is 5.24. The maximum absolute atomic E-state index is 12.3. The second-order valence-electron chi connectivity index (χ2n) is 4.96. The second-order valence-corrected chi connectivity index (χ2v) is 4.96. The van der Waals surface area contributed by atoms with E-state index in [1.165, 1.54) is 11.1 Å². The van der Waals surface area contributed by atoms with Crippen molar-refractivity contribution < 1.29 is 8.78 Å². The van der Waals surface area contributed by atoms with Gasteiger partial charge in [-0.2, -0.15) is 0 Å². The van der Waals surface area contributed by atoms with Crippen LogP contribution in [0.4, 0.5) is 8.78 Å². The normalized spacial score (nSPS) is 13.2. The van der Waals surface area contributed by atoms with Crippen molar-refractivity contribution in [3.63, 3.8) is 0 Å². The zero-order valence-corrected chi connectivity index (χ0v) is 12.0. The molecule has 19 heavy (non-hydrogen) atoms. The molecule has 1 unspecified atom stereocenters. The van der Waals surface area contributed by atoms with Crippen LogP contribution >= 0.6 is 0 Å². The van der Waals surface area contributed by atoms with Gasteiger partial charge in [-0.1, -0.05) is 36.8 Å². The fourth-order valence-electron chi connectivity index (χ4n) is 2.11. The average Bonchev–Trinajstić information content (AvgIpc) is 2.35. The van der Waals surface area contributed by atoms with Gasteiger partial charge in [0.15, 0.2) is 0 Å². The van der Waals surface area contributed by atoms with Gasteiger partial charge in [-0.05, 0) is 39.0 Å². The summed E-state index contributed by atoms with van der Waals surface area (Å²) in [4.78, 5) is 1.68. The van der Waals surface area contributed by atoms with Crippen LogP contribution in [0, 0.1) is 6.92 Å². The van der Waals surface area contributed by atoms with Crippen LogP contribution in [0.5, 0.6) is 0 Å². The van der Waals surface area contributed by atoms with E-state index in [1.54, 1.807) is 11.9 Å². The molecule has 1 aromatic carbocycles. The number of rotatable bonds is 8. The zero-order chi connectivity index (χ0) is 14.3. The standard InChI is InChI=1S/C15H24F2N2/c1-4-18-14(9-10-19(3)11-15(16)17)13-7-5-12(2)6-8-13/h5-8,14-15,18H,4,9-11H2,1-3H3. The number of hydrogen-bond acceptors (Lipinski definition) is 2. The highest BCUT2D eigenvalue weighted by Crippen LogP contribution is 2.17. The van der Waals surface area contributed by atoms with E-state index < -0.39 is 6.43 Å². The number of aryl methyl sites for hydroxylation is 1. The molecule has 0 aromatic heterocycles. The molecular weight excluding hydrogens is 246 g/mol. The summed E-state index contributed by atoms with van der Waals surface area (Å²) < 4.78 is 24.5. The first kappa shape index (κ1) is 16.1. The van der Waals surface area contributed by atoms with E-state index in [9.17, 15) is 8.78 Å². The number of nitrogens with one attached hydrogen (secondary N) is 1. The maximum Gasteiger partial charge on any atom is 0.251 e. The Hall–Kier alpha value is -1.00. The highest BCUT2D eigenvalue weighted by Gasteiger charge is 2.13. The molecule has 0 fully saturated rings. The Balaban J connectivity index is 2.55. The third-order valence-corrected chi connectivity index (χ3v) is 3.18. The van der Waals surface area contributed by atoms with Crippen molar-refractivity contribution in [2.24, 2.45) is 0 Å². The van der Waals surface area contributed by atoms with Gasteiger partial charge in [0.2, 0.25) is 0 Å². The Morgan fingerprint density at radius 3 is 2.37 bits per heavy atom. The Bertz CT molecular complexity index is 352. The SMILES string of the molecule is CCNC(CCN(C)CC(F)F)c1ccc(C)cc1. The van der Waals surface area contributed by atoms with Gasteiger partial charge < -0.3 is 10.2 Å². The molecule has 1 aromatic rings. The first-order valence-electron chi connectivity index (χ1n) is 6.79. The Morgan fingerprint density at radius 1 is 1.21 bits per heavy atom. The smallest absolute Gasteiger partial charge is 0.251 e. The fourth-order valence-corrected chi connectivity index (χ4v) is 2.11. The van der Waals surface area contributed by atoms with E-state index in [1.807, 2.05) is 0 Å². The molecule has 2 nitrogen and oxygen atoms in total. The molecule has 0 radical (unpaired) electrons. The van der Waals surface area contributed by atoms with E-state index >= 15 is 0 Å². The van der Waals surface area contributed by atoms with Crippen LogP contribution in [0.25, 0.3) is 0 Å². The average molecular weight is 270 g/mol. The predicted molar refractivity (Wildman–Crippen MR) is 75.7 cm³/mol. The summed E-state index contributed by atoms with van der Waals surface area (Å²) in [5.41, 5.74) is 2.45.